The zero-order chi connectivity index (χ0) is 30.1. The number of phosphoric acid groups is 1. The van der Waals surface area contributed by atoms with Crippen molar-refractivity contribution < 1.29 is 43.0 Å². The van der Waals surface area contributed by atoms with Crippen molar-refractivity contribution in [3.05, 3.63) is 0 Å². The van der Waals surface area contributed by atoms with Gasteiger partial charge < -0.3 is 29.4 Å². The standard InChI is InChI=1S/C30H64NO8P/c1-5-6-7-8-9-10-11-12-13-14-15-16-17-18-22-29(39-40(35,36)38-25-23-31(2,3)4)30(27-33)37-24-20-19-21-28(34)26-32/h28-30,32-34H,5-27H2,1-4H3/p+1/t28?,29-,30+/m1/s1. The predicted octanol–water partition coefficient (Wildman–Crippen LogP) is 5.97. The first-order valence-corrected chi connectivity index (χ1v) is 17.5. The van der Waals surface area contributed by atoms with Crippen LogP contribution < -0.4 is 0 Å². The van der Waals surface area contributed by atoms with Crippen molar-refractivity contribution in [1.82, 2.24) is 0 Å². The van der Waals surface area contributed by atoms with Gasteiger partial charge in [-0.05, 0) is 25.7 Å². The van der Waals surface area contributed by atoms with E-state index in [0.29, 0.717) is 43.3 Å². The summed E-state index contributed by atoms with van der Waals surface area (Å²) in [5.74, 6) is 0. The molecule has 0 bridgehead atoms. The maximum atomic E-state index is 12.7. The van der Waals surface area contributed by atoms with Crippen LogP contribution in [0.2, 0.25) is 0 Å². The minimum atomic E-state index is -4.31. The van der Waals surface area contributed by atoms with Crippen molar-refractivity contribution in [3.63, 3.8) is 0 Å². The lowest BCUT2D eigenvalue weighted by Crippen LogP contribution is -2.38. The summed E-state index contributed by atoms with van der Waals surface area (Å²) >= 11 is 0. The first-order chi connectivity index (χ1) is 19.0. The summed E-state index contributed by atoms with van der Waals surface area (Å²) in [6.45, 7) is 2.61. The van der Waals surface area contributed by atoms with E-state index in [1.165, 1.54) is 70.6 Å². The van der Waals surface area contributed by atoms with Gasteiger partial charge in [-0.1, -0.05) is 96.8 Å². The molecule has 0 amide bonds. The van der Waals surface area contributed by atoms with Crippen LogP contribution in [-0.4, -0.2) is 97.1 Å². The Morgan fingerprint density at radius 2 is 1.18 bits per heavy atom. The molecular formula is C30H65NO8P+. The molecular weight excluding hydrogens is 533 g/mol. The number of rotatable bonds is 30. The monoisotopic (exact) mass is 598 g/mol. The van der Waals surface area contributed by atoms with E-state index in [2.05, 4.69) is 6.92 Å². The number of aliphatic hydroxyl groups is 3. The Morgan fingerprint density at radius 1 is 0.675 bits per heavy atom. The van der Waals surface area contributed by atoms with Gasteiger partial charge in [-0.3, -0.25) is 9.05 Å². The molecule has 0 saturated carbocycles. The second kappa shape index (κ2) is 25.4. The summed E-state index contributed by atoms with van der Waals surface area (Å²) in [5.41, 5.74) is 0. The highest BCUT2D eigenvalue weighted by atomic mass is 31.2. The zero-order valence-corrected chi connectivity index (χ0v) is 27.2. The lowest BCUT2D eigenvalue weighted by atomic mass is 10.0. The van der Waals surface area contributed by atoms with Crippen molar-refractivity contribution in [2.45, 2.75) is 141 Å². The fraction of sp³-hybridized carbons (Fsp3) is 1.00. The van der Waals surface area contributed by atoms with Crippen molar-refractivity contribution in [3.8, 4) is 0 Å². The predicted molar refractivity (Wildman–Crippen MR) is 162 cm³/mol. The molecule has 10 heteroatoms. The molecule has 0 aliphatic rings. The van der Waals surface area contributed by atoms with Crippen LogP contribution in [0, 0.1) is 0 Å². The number of unbranched alkanes of at least 4 members (excludes halogenated alkanes) is 14. The maximum absolute atomic E-state index is 12.7. The van der Waals surface area contributed by atoms with Crippen LogP contribution in [0.25, 0.3) is 0 Å². The van der Waals surface area contributed by atoms with Crippen LogP contribution >= 0.6 is 7.82 Å². The van der Waals surface area contributed by atoms with Crippen LogP contribution in [0.3, 0.4) is 0 Å². The van der Waals surface area contributed by atoms with Crippen LogP contribution in [0.15, 0.2) is 0 Å². The smallest absolute Gasteiger partial charge is 0.394 e. The van der Waals surface area contributed by atoms with Crippen LogP contribution in [0.4, 0.5) is 0 Å². The molecule has 0 saturated heterocycles. The second-order valence-corrected chi connectivity index (χ2v) is 13.7. The Balaban J connectivity index is 4.48. The first-order valence-electron chi connectivity index (χ1n) is 16.0. The topological polar surface area (TPSA) is 126 Å². The zero-order valence-electron chi connectivity index (χ0n) is 26.3. The third kappa shape index (κ3) is 25.6. The second-order valence-electron chi connectivity index (χ2n) is 12.3. The molecule has 4 N–H and O–H groups in total. The lowest BCUT2D eigenvalue weighted by Gasteiger charge is -2.28. The molecule has 2 unspecified atom stereocenters. The number of hydrogen-bond acceptors (Lipinski definition) is 7. The van der Waals surface area contributed by atoms with Gasteiger partial charge in [0.2, 0.25) is 0 Å². The van der Waals surface area contributed by atoms with Gasteiger partial charge in [0.25, 0.3) is 0 Å². The Bertz CT molecular complexity index is 605. The summed E-state index contributed by atoms with van der Waals surface area (Å²) < 4.78 is 29.9. The molecule has 242 valence electrons. The van der Waals surface area contributed by atoms with Gasteiger partial charge in [0.05, 0.1) is 46.6 Å². The third-order valence-electron chi connectivity index (χ3n) is 7.20. The van der Waals surface area contributed by atoms with Gasteiger partial charge >= 0.3 is 7.82 Å². The van der Waals surface area contributed by atoms with Crippen molar-refractivity contribution in [1.29, 1.82) is 0 Å². The van der Waals surface area contributed by atoms with E-state index >= 15 is 0 Å². The van der Waals surface area contributed by atoms with Crippen molar-refractivity contribution >= 4 is 7.82 Å². The summed E-state index contributed by atoms with van der Waals surface area (Å²) in [4.78, 5) is 10.4. The number of aliphatic hydroxyl groups excluding tert-OH is 3. The van der Waals surface area contributed by atoms with E-state index in [0.717, 1.165) is 19.3 Å². The fourth-order valence-electron chi connectivity index (χ4n) is 4.56. The third-order valence-corrected chi connectivity index (χ3v) is 8.24. The van der Waals surface area contributed by atoms with Crippen molar-refractivity contribution in [2.24, 2.45) is 0 Å². The van der Waals surface area contributed by atoms with E-state index in [-0.39, 0.29) is 19.8 Å². The van der Waals surface area contributed by atoms with E-state index in [1.807, 2.05) is 21.1 Å². The number of hydrogen-bond donors (Lipinski definition) is 4. The maximum Gasteiger partial charge on any atom is 0.472 e. The van der Waals surface area contributed by atoms with Gasteiger partial charge in [0.15, 0.2) is 0 Å². The number of ether oxygens (including phenoxy) is 1. The Morgan fingerprint density at radius 3 is 1.65 bits per heavy atom. The molecule has 0 radical (unpaired) electrons. The molecule has 0 aromatic carbocycles. The van der Waals surface area contributed by atoms with E-state index in [4.69, 9.17) is 18.9 Å². The average Bonchev–Trinajstić information content (AvgIpc) is 2.89. The van der Waals surface area contributed by atoms with E-state index < -0.39 is 26.1 Å². The highest BCUT2D eigenvalue weighted by molar-refractivity contribution is 7.47. The van der Waals surface area contributed by atoms with Gasteiger partial charge in [0.1, 0.15) is 19.3 Å². The summed E-state index contributed by atoms with van der Waals surface area (Å²) in [7, 11) is 1.60. The Kier molecular flexibility index (Phi) is 25.4. The fourth-order valence-corrected chi connectivity index (χ4v) is 5.52. The van der Waals surface area contributed by atoms with E-state index in [1.54, 1.807) is 0 Å². The molecule has 0 rings (SSSR count). The molecule has 40 heavy (non-hydrogen) atoms. The Hall–Kier alpha value is -0.0900. The number of phosphoric ester groups is 1. The first kappa shape index (κ1) is 39.9. The number of nitrogens with zero attached hydrogens (tertiary/aromatic N) is 1. The molecule has 0 heterocycles. The molecule has 0 fully saturated rings. The quantitative estimate of drug-likeness (QED) is 0.0453. The van der Waals surface area contributed by atoms with Gasteiger partial charge in [-0.25, -0.2) is 4.57 Å². The largest absolute Gasteiger partial charge is 0.472 e. The minimum absolute atomic E-state index is 0.0840. The minimum Gasteiger partial charge on any atom is -0.394 e. The summed E-state index contributed by atoms with van der Waals surface area (Å²) in [6, 6.07) is 0. The summed E-state index contributed by atoms with van der Waals surface area (Å²) in [6.07, 6.45) is 17.5. The van der Waals surface area contributed by atoms with Crippen LogP contribution in [0.1, 0.15) is 122 Å². The molecule has 0 aliphatic heterocycles. The highest BCUT2D eigenvalue weighted by Crippen LogP contribution is 2.46. The Labute approximate surface area is 245 Å². The lowest BCUT2D eigenvalue weighted by molar-refractivity contribution is -0.870. The number of likely N-dealkylation sites (N-methyl/N-ethyl adjacent to an activating group) is 1. The molecule has 4 atom stereocenters. The highest BCUT2D eigenvalue weighted by Gasteiger charge is 2.32. The average molecular weight is 599 g/mol. The van der Waals surface area contributed by atoms with E-state index in [9.17, 15) is 19.7 Å². The van der Waals surface area contributed by atoms with Gasteiger partial charge in [-0.15, -0.1) is 0 Å². The molecule has 0 aliphatic carbocycles. The van der Waals surface area contributed by atoms with Gasteiger partial charge in [0, 0.05) is 6.61 Å². The van der Waals surface area contributed by atoms with Crippen LogP contribution in [-0.2, 0) is 18.3 Å². The number of quaternary nitrogens is 1. The molecule has 0 spiro atoms. The van der Waals surface area contributed by atoms with Crippen LogP contribution in [0.5, 0.6) is 0 Å². The van der Waals surface area contributed by atoms with Crippen molar-refractivity contribution in [2.75, 3.05) is 54.1 Å². The molecule has 0 aromatic rings. The molecule has 0 aromatic heterocycles. The summed E-state index contributed by atoms with van der Waals surface area (Å²) in [5, 5.41) is 28.4. The SMILES string of the molecule is CCCCCCCCCCCCCCCC[C@@H](OP(=O)(O)OCC[N+](C)(C)C)[C@H](CO)OCCCCC(O)CO. The normalized spacial score (nSPS) is 16.1. The van der Waals surface area contributed by atoms with Gasteiger partial charge in [-0.2, -0.15) is 0 Å². The molecule has 9 nitrogen and oxygen atoms in total.